The molecule has 0 saturated carbocycles. The van der Waals surface area contributed by atoms with E-state index in [2.05, 4.69) is 6.58 Å². The van der Waals surface area contributed by atoms with Crippen molar-refractivity contribution in [1.82, 2.24) is 4.90 Å². The average molecular weight is 253 g/mol. The molecule has 18 heavy (non-hydrogen) atoms. The second-order valence-electron chi connectivity index (χ2n) is 5.77. The molecule has 1 aliphatic rings. The lowest BCUT2D eigenvalue weighted by atomic mass is 9.87. The van der Waals surface area contributed by atoms with E-state index in [0.717, 1.165) is 12.8 Å². The van der Waals surface area contributed by atoms with Crippen molar-refractivity contribution in [3.05, 3.63) is 12.7 Å². The van der Waals surface area contributed by atoms with Crippen LogP contribution < -0.4 is 0 Å². The van der Waals surface area contributed by atoms with Crippen molar-refractivity contribution in [2.24, 2.45) is 5.92 Å². The minimum Gasteiger partial charge on any atom is -0.444 e. The number of allylic oxidation sites excluding steroid dienone is 1. The van der Waals surface area contributed by atoms with E-state index in [0.29, 0.717) is 6.54 Å². The number of hydrogen-bond donors (Lipinski definition) is 0. The highest BCUT2D eigenvalue weighted by atomic mass is 16.6. The zero-order chi connectivity index (χ0) is 13.9. The molecule has 0 aliphatic carbocycles. The molecule has 0 spiro atoms. The fourth-order valence-corrected chi connectivity index (χ4v) is 2.25. The largest absolute Gasteiger partial charge is 0.444 e. The van der Waals surface area contributed by atoms with E-state index in [9.17, 15) is 9.59 Å². The quantitative estimate of drug-likeness (QED) is 0.711. The zero-order valence-electron chi connectivity index (χ0n) is 11.7. The molecule has 1 aliphatic heterocycles. The summed E-state index contributed by atoms with van der Waals surface area (Å²) in [4.78, 5) is 25.4. The Morgan fingerprint density at radius 3 is 2.50 bits per heavy atom. The van der Waals surface area contributed by atoms with Gasteiger partial charge in [0.2, 0.25) is 0 Å². The second-order valence-corrected chi connectivity index (χ2v) is 5.77. The smallest absolute Gasteiger partial charge is 0.410 e. The number of amides is 1. The third kappa shape index (κ3) is 3.59. The van der Waals surface area contributed by atoms with E-state index in [1.54, 1.807) is 4.90 Å². The van der Waals surface area contributed by atoms with Crippen LogP contribution in [0.2, 0.25) is 0 Å². The number of piperidine rings is 1. The first-order chi connectivity index (χ1) is 8.26. The highest BCUT2D eigenvalue weighted by Gasteiger charge is 2.36. The molecule has 0 N–H and O–H groups in total. The van der Waals surface area contributed by atoms with E-state index >= 15 is 0 Å². The van der Waals surface area contributed by atoms with Crippen LogP contribution in [-0.4, -0.2) is 35.0 Å². The first kappa shape index (κ1) is 14.7. The molecule has 1 amide bonds. The Bertz CT molecular complexity index is 343. The van der Waals surface area contributed by atoms with E-state index < -0.39 is 5.60 Å². The van der Waals surface area contributed by atoms with Crippen LogP contribution in [0.5, 0.6) is 0 Å². The van der Waals surface area contributed by atoms with Crippen molar-refractivity contribution < 1.29 is 14.3 Å². The molecule has 0 aromatic carbocycles. The first-order valence-corrected chi connectivity index (χ1v) is 6.42. The predicted octanol–water partition coefficient (Wildman–Crippen LogP) is 2.78. The maximum absolute atomic E-state index is 12.0. The summed E-state index contributed by atoms with van der Waals surface area (Å²) >= 11 is 0. The highest BCUT2D eigenvalue weighted by Crippen LogP contribution is 2.26. The van der Waals surface area contributed by atoms with Gasteiger partial charge in [-0.3, -0.25) is 4.79 Å². The van der Waals surface area contributed by atoms with Crippen molar-refractivity contribution in [2.45, 2.75) is 52.2 Å². The molecule has 2 atom stereocenters. The van der Waals surface area contributed by atoms with Crippen LogP contribution in [0.1, 0.15) is 40.5 Å². The molecule has 1 fully saturated rings. The number of ether oxygens (including phenoxy) is 1. The minimum atomic E-state index is -0.508. The summed E-state index contributed by atoms with van der Waals surface area (Å²) in [7, 11) is 0. The molecule has 0 bridgehead atoms. The fraction of sp³-hybridized carbons (Fsp3) is 0.714. The van der Waals surface area contributed by atoms with Gasteiger partial charge in [-0.25, -0.2) is 4.79 Å². The van der Waals surface area contributed by atoms with Crippen LogP contribution in [0.15, 0.2) is 12.7 Å². The number of rotatable bonds is 2. The molecule has 0 unspecified atom stereocenters. The third-order valence-corrected chi connectivity index (χ3v) is 3.18. The van der Waals surface area contributed by atoms with Crippen molar-refractivity contribution in [2.75, 3.05) is 6.54 Å². The summed E-state index contributed by atoms with van der Waals surface area (Å²) in [5.41, 5.74) is -0.508. The Labute approximate surface area is 109 Å². The Morgan fingerprint density at radius 1 is 1.39 bits per heavy atom. The molecule has 102 valence electrons. The van der Waals surface area contributed by atoms with Crippen LogP contribution >= 0.6 is 0 Å². The molecule has 0 radical (unpaired) electrons. The molecule has 0 aromatic heterocycles. The van der Waals surface area contributed by atoms with E-state index in [4.69, 9.17) is 4.74 Å². The van der Waals surface area contributed by atoms with Crippen molar-refractivity contribution >= 4 is 11.9 Å². The van der Waals surface area contributed by atoms with Crippen molar-refractivity contribution in [3.8, 4) is 0 Å². The van der Waals surface area contributed by atoms with Crippen molar-refractivity contribution in [1.29, 1.82) is 0 Å². The summed E-state index contributed by atoms with van der Waals surface area (Å²) in [6.45, 7) is 11.6. The number of carbonyl (C=O) groups is 2. The maximum Gasteiger partial charge on any atom is 0.410 e. The van der Waals surface area contributed by atoms with Crippen LogP contribution in [0.3, 0.4) is 0 Å². The summed E-state index contributed by atoms with van der Waals surface area (Å²) in [6.07, 6.45) is 2.65. The normalized spacial score (nSPS) is 24.6. The number of carbonyl (C=O) groups excluding carboxylic acids is 2. The number of ketones is 1. The van der Waals surface area contributed by atoms with Gasteiger partial charge in [-0.15, -0.1) is 0 Å². The standard InChI is InChI=1S/C14H23NO3/c1-6-12(16)11-8-7-9-15(10(11)2)13(17)18-14(3,4)5/h6,10-11H,1,7-9H2,2-5H3/t10-,11-/m1/s1. The Hall–Kier alpha value is -1.32. The van der Waals surface area contributed by atoms with Gasteiger partial charge in [0.15, 0.2) is 5.78 Å². The Balaban J connectivity index is 2.74. The maximum atomic E-state index is 12.0. The number of nitrogens with zero attached hydrogens (tertiary/aromatic N) is 1. The van der Waals surface area contributed by atoms with Gasteiger partial charge < -0.3 is 9.64 Å². The van der Waals surface area contributed by atoms with Gasteiger partial charge in [0.25, 0.3) is 0 Å². The van der Waals surface area contributed by atoms with Gasteiger partial charge in [-0.1, -0.05) is 6.58 Å². The summed E-state index contributed by atoms with van der Waals surface area (Å²) in [5.74, 6) is -0.139. The fourth-order valence-electron chi connectivity index (χ4n) is 2.25. The van der Waals surface area contributed by atoms with Crippen LogP contribution in [0.4, 0.5) is 4.79 Å². The number of hydrogen-bond acceptors (Lipinski definition) is 3. The van der Waals surface area contributed by atoms with Gasteiger partial charge in [0.05, 0.1) is 0 Å². The summed E-state index contributed by atoms with van der Waals surface area (Å²) < 4.78 is 5.36. The Kier molecular flexibility index (Phi) is 4.54. The first-order valence-electron chi connectivity index (χ1n) is 6.42. The molecule has 1 rings (SSSR count). The molecule has 1 saturated heterocycles. The lowest BCUT2D eigenvalue weighted by Crippen LogP contribution is -2.50. The molecular weight excluding hydrogens is 230 g/mol. The molecular formula is C14H23NO3. The van der Waals surface area contributed by atoms with Crippen LogP contribution in [-0.2, 0) is 9.53 Å². The van der Waals surface area contributed by atoms with Crippen LogP contribution in [0.25, 0.3) is 0 Å². The minimum absolute atomic E-state index is 0.00996. The van der Waals surface area contributed by atoms with Gasteiger partial charge in [0.1, 0.15) is 5.60 Å². The topological polar surface area (TPSA) is 46.6 Å². The lowest BCUT2D eigenvalue weighted by molar-refractivity contribution is -0.121. The summed E-state index contributed by atoms with van der Waals surface area (Å²) in [6, 6.07) is -0.126. The Morgan fingerprint density at radius 2 is 2.00 bits per heavy atom. The molecule has 4 nitrogen and oxygen atoms in total. The molecule has 1 heterocycles. The monoisotopic (exact) mass is 253 g/mol. The van der Waals surface area contributed by atoms with Gasteiger partial charge in [0, 0.05) is 18.5 Å². The van der Waals surface area contributed by atoms with E-state index in [1.807, 2.05) is 27.7 Å². The van der Waals surface area contributed by atoms with Gasteiger partial charge in [-0.05, 0) is 46.6 Å². The van der Waals surface area contributed by atoms with Gasteiger partial charge >= 0.3 is 6.09 Å². The summed E-state index contributed by atoms with van der Waals surface area (Å²) in [5, 5.41) is 0. The highest BCUT2D eigenvalue weighted by molar-refractivity contribution is 5.92. The van der Waals surface area contributed by atoms with E-state index in [-0.39, 0.29) is 23.8 Å². The lowest BCUT2D eigenvalue weighted by Gasteiger charge is -2.38. The van der Waals surface area contributed by atoms with E-state index in [1.165, 1.54) is 6.08 Å². The molecule has 0 aromatic rings. The van der Waals surface area contributed by atoms with Crippen molar-refractivity contribution in [3.63, 3.8) is 0 Å². The van der Waals surface area contributed by atoms with Gasteiger partial charge in [-0.2, -0.15) is 0 Å². The second kappa shape index (κ2) is 5.55. The zero-order valence-corrected chi connectivity index (χ0v) is 11.7. The van der Waals surface area contributed by atoms with Crippen LogP contribution in [0, 0.1) is 5.92 Å². The molecule has 4 heteroatoms. The average Bonchev–Trinajstić information content (AvgIpc) is 2.26. The predicted molar refractivity (Wildman–Crippen MR) is 70.3 cm³/mol. The third-order valence-electron chi connectivity index (χ3n) is 3.18. The number of likely N-dealkylation sites (tertiary alicyclic amines) is 1. The SMILES string of the molecule is C=CC(=O)[C@@H]1CCCN(C(=O)OC(C)(C)C)[C@@H]1C.